The zero-order valence-electron chi connectivity index (χ0n) is 36.4. The highest BCUT2D eigenvalue weighted by molar-refractivity contribution is 6.21. The average Bonchev–Trinajstić information content (AvgIpc) is 3.68. The van der Waals surface area contributed by atoms with Gasteiger partial charge in [0, 0.05) is 33.5 Å². The summed E-state index contributed by atoms with van der Waals surface area (Å²) in [5.74, 6) is 0. The van der Waals surface area contributed by atoms with Gasteiger partial charge in [0.1, 0.15) is 0 Å². The Hall–Kier alpha value is -7.68. The Labute approximate surface area is 345 Å². The number of anilines is 3. The molecule has 0 spiro atoms. The van der Waals surface area contributed by atoms with E-state index in [1.165, 1.54) is 38.2 Å². The minimum Gasteiger partial charge on any atom is -0.310 e. The molecule has 0 aliphatic heterocycles. The van der Waals surface area contributed by atoms with Crippen molar-refractivity contribution in [3.63, 3.8) is 0 Å². The third-order valence-electron chi connectivity index (χ3n) is 11.2. The van der Waals surface area contributed by atoms with Gasteiger partial charge in [-0.3, -0.25) is 0 Å². The Morgan fingerprint density at radius 3 is 1.72 bits per heavy atom. The fourth-order valence-electron chi connectivity index (χ4n) is 8.43. The maximum Gasteiger partial charge on any atom is 0.0629 e. The van der Waals surface area contributed by atoms with Crippen molar-refractivity contribution in [3.05, 3.63) is 230 Å². The Morgan fingerprint density at radius 1 is 0.345 bits per heavy atom. The van der Waals surface area contributed by atoms with Crippen molar-refractivity contribution >= 4 is 60.4 Å². The Morgan fingerprint density at radius 2 is 0.914 bits per heavy atom. The van der Waals surface area contributed by atoms with Gasteiger partial charge >= 0.3 is 0 Å². The maximum absolute atomic E-state index is 8.50. The summed E-state index contributed by atoms with van der Waals surface area (Å²) in [6, 6.07) is 68.6. The number of hydrogen-bond acceptors (Lipinski definition) is 1. The second-order valence-electron chi connectivity index (χ2n) is 14.6. The molecule has 2 heteroatoms. The molecular formula is C56H38N2. The molecule has 0 atom stereocenters. The first-order chi connectivity index (χ1) is 30.8. The lowest BCUT2D eigenvalue weighted by Gasteiger charge is -2.26. The fourth-order valence-corrected chi connectivity index (χ4v) is 8.43. The highest BCUT2D eigenvalue weighted by atomic mass is 15.1. The van der Waals surface area contributed by atoms with E-state index < -0.39 is 6.04 Å². The van der Waals surface area contributed by atoms with Crippen molar-refractivity contribution in [2.75, 3.05) is 4.90 Å². The fraction of sp³-hybridized carbons (Fsp3) is 0. The van der Waals surface area contributed by atoms with Crippen molar-refractivity contribution in [2.45, 2.75) is 0 Å². The molecule has 0 aliphatic rings. The van der Waals surface area contributed by atoms with Gasteiger partial charge in [-0.25, -0.2) is 0 Å². The maximum atomic E-state index is 8.50. The molecular weight excluding hydrogens is 701 g/mol. The van der Waals surface area contributed by atoms with E-state index in [0.29, 0.717) is 5.56 Å². The van der Waals surface area contributed by atoms with Gasteiger partial charge in [-0.2, -0.15) is 0 Å². The molecule has 0 amide bonds. The summed E-state index contributed by atoms with van der Waals surface area (Å²) in [5.41, 5.74) is 11.6. The molecule has 0 bridgehead atoms. The van der Waals surface area contributed by atoms with Crippen LogP contribution in [0.4, 0.5) is 17.1 Å². The minimum atomic E-state index is -0.399. The van der Waals surface area contributed by atoms with Gasteiger partial charge in [-0.1, -0.05) is 164 Å². The van der Waals surface area contributed by atoms with E-state index in [-0.39, 0.29) is 29.7 Å². The van der Waals surface area contributed by atoms with Crippen LogP contribution in [0.25, 0.3) is 82.4 Å². The van der Waals surface area contributed by atoms with Crippen LogP contribution < -0.4 is 4.90 Å². The number of benzene rings is 10. The predicted molar refractivity (Wildman–Crippen MR) is 247 cm³/mol. The summed E-state index contributed by atoms with van der Waals surface area (Å²) in [6.45, 7) is 0. The number of rotatable bonds is 7. The Bertz CT molecular complexity index is 3520. The third kappa shape index (κ3) is 5.91. The first kappa shape index (κ1) is 28.7. The molecule has 0 radical (unpaired) electrons. The van der Waals surface area contributed by atoms with Crippen molar-refractivity contribution in [1.82, 2.24) is 4.57 Å². The molecule has 11 aromatic rings. The summed E-state index contributed by atoms with van der Waals surface area (Å²) < 4.78 is 43.8. The van der Waals surface area contributed by atoms with Gasteiger partial charge < -0.3 is 9.47 Å². The van der Waals surface area contributed by atoms with Crippen molar-refractivity contribution < 1.29 is 6.85 Å². The number of hydrogen-bond donors (Lipinski definition) is 0. The van der Waals surface area contributed by atoms with Crippen LogP contribution in [-0.4, -0.2) is 4.57 Å². The lowest BCUT2D eigenvalue weighted by Crippen LogP contribution is -2.09. The van der Waals surface area contributed by atoms with E-state index in [4.69, 9.17) is 6.85 Å². The van der Waals surface area contributed by atoms with E-state index in [0.717, 1.165) is 50.2 Å². The van der Waals surface area contributed by atoms with E-state index in [9.17, 15) is 0 Å². The highest BCUT2D eigenvalue weighted by Crippen LogP contribution is 2.41. The number of nitrogens with zero attached hydrogens (tertiary/aromatic N) is 2. The molecule has 0 fully saturated rings. The molecule has 1 aromatic heterocycles. The van der Waals surface area contributed by atoms with Crippen LogP contribution >= 0.6 is 0 Å². The van der Waals surface area contributed by atoms with E-state index in [1.54, 1.807) is 0 Å². The molecule has 0 saturated carbocycles. The van der Waals surface area contributed by atoms with Crippen LogP contribution in [0.5, 0.6) is 0 Å². The standard InChI is InChI=1S/C56H38N2/c1-4-12-39(13-5-1)41-22-29-49(30-23-41)57(48-17-8-3-9-18-48)51-33-26-45-36-44(20-21-46(45)37-51)47-27-34-53-55(38-47)58(54-35-28-43-16-10-11-19-52(43)56(53)54)50-31-24-42(25-32-50)40-14-6-2-7-15-40/h1-38H/i1D,4D,5D,12D,13D. The molecule has 58 heavy (non-hydrogen) atoms. The number of para-hydroxylation sites is 1. The minimum absolute atomic E-state index is 0.187. The Balaban J connectivity index is 0.989. The van der Waals surface area contributed by atoms with Gasteiger partial charge in [0.15, 0.2) is 0 Å². The predicted octanol–water partition coefficient (Wildman–Crippen LogP) is 15.6. The molecule has 0 saturated heterocycles. The SMILES string of the molecule is [2H]c1c([2H])c([2H])c(-c2ccc(N(c3ccccc3)c3ccc4cc(-c5ccc6c7c8ccccc8ccc7n(-c7ccc(-c8ccccc8)cc7)c6c5)ccc4c3)cc2)c([2H])c1[2H]. The highest BCUT2D eigenvalue weighted by Gasteiger charge is 2.17. The van der Waals surface area contributed by atoms with Gasteiger partial charge in [0.05, 0.1) is 17.9 Å². The third-order valence-corrected chi connectivity index (χ3v) is 11.2. The molecule has 0 N–H and O–H groups in total. The topological polar surface area (TPSA) is 8.17 Å². The second-order valence-corrected chi connectivity index (χ2v) is 14.6. The summed E-state index contributed by atoms with van der Waals surface area (Å²) in [7, 11) is 0. The lowest BCUT2D eigenvalue weighted by atomic mass is 9.98. The second kappa shape index (κ2) is 14.1. The van der Waals surface area contributed by atoms with Gasteiger partial charge in [0.25, 0.3) is 0 Å². The van der Waals surface area contributed by atoms with Crippen molar-refractivity contribution in [2.24, 2.45) is 0 Å². The molecule has 2 nitrogen and oxygen atoms in total. The molecule has 10 aromatic carbocycles. The quantitative estimate of drug-likeness (QED) is 0.158. The molecule has 11 rings (SSSR count). The van der Waals surface area contributed by atoms with E-state index in [2.05, 4.69) is 161 Å². The van der Waals surface area contributed by atoms with Crippen LogP contribution in [0.15, 0.2) is 230 Å². The van der Waals surface area contributed by atoms with Crippen LogP contribution in [-0.2, 0) is 0 Å². The molecule has 272 valence electrons. The smallest absolute Gasteiger partial charge is 0.0629 e. The largest absolute Gasteiger partial charge is 0.310 e. The Kier molecular flexibility index (Phi) is 6.98. The van der Waals surface area contributed by atoms with Crippen molar-refractivity contribution in [3.8, 4) is 39.1 Å². The van der Waals surface area contributed by atoms with E-state index in [1.807, 2.05) is 48.5 Å². The zero-order valence-corrected chi connectivity index (χ0v) is 31.4. The van der Waals surface area contributed by atoms with Gasteiger partial charge in [0.2, 0.25) is 0 Å². The molecule has 1 heterocycles. The van der Waals surface area contributed by atoms with Crippen LogP contribution in [0.1, 0.15) is 6.85 Å². The first-order valence-electron chi connectivity index (χ1n) is 22.0. The van der Waals surface area contributed by atoms with Crippen molar-refractivity contribution in [1.29, 1.82) is 0 Å². The summed E-state index contributed by atoms with van der Waals surface area (Å²) in [4.78, 5) is 2.17. The van der Waals surface area contributed by atoms with Gasteiger partial charge in [-0.05, 0) is 122 Å². The van der Waals surface area contributed by atoms with Crippen LogP contribution in [0.2, 0.25) is 0 Å². The monoisotopic (exact) mass is 743 g/mol. The zero-order chi connectivity index (χ0) is 42.8. The number of fused-ring (bicyclic) bond motifs is 6. The summed E-state index contributed by atoms with van der Waals surface area (Å²) >= 11 is 0. The summed E-state index contributed by atoms with van der Waals surface area (Å²) in [5, 5.41) is 7.13. The summed E-state index contributed by atoms with van der Waals surface area (Å²) in [6.07, 6.45) is 0. The van der Waals surface area contributed by atoms with Crippen LogP contribution in [0, 0.1) is 0 Å². The van der Waals surface area contributed by atoms with Crippen LogP contribution in [0.3, 0.4) is 0 Å². The molecule has 0 aliphatic carbocycles. The lowest BCUT2D eigenvalue weighted by molar-refractivity contribution is 1.18. The first-order valence-corrected chi connectivity index (χ1v) is 19.5. The molecule has 0 unspecified atom stereocenters. The van der Waals surface area contributed by atoms with E-state index >= 15 is 0 Å². The average molecular weight is 744 g/mol. The number of aromatic nitrogens is 1. The normalized spacial score (nSPS) is 12.7. The van der Waals surface area contributed by atoms with Gasteiger partial charge in [-0.15, -0.1) is 0 Å².